The summed E-state index contributed by atoms with van der Waals surface area (Å²) in [7, 11) is -3.89. The molecule has 20 heavy (non-hydrogen) atoms. The highest BCUT2D eigenvalue weighted by atomic mass is 32.2. The van der Waals surface area contributed by atoms with Crippen LogP contribution in [0.1, 0.15) is 20.3 Å². The van der Waals surface area contributed by atoms with Crippen LogP contribution >= 0.6 is 0 Å². The number of pyridine rings is 1. The van der Waals surface area contributed by atoms with Crippen molar-refractivity contribution in [1.29, 1.82) is 0 Å². The normalized spacial score (nSPS) is 12.8. The molecule has 0 aliphatic heterocycles. The van der Waals surface area contributed by atoms with Gasteiger partial charge in [-0.25, -0.2) is 19.2 Å². The van der Waals surface area contributed by atoms with E-state index in [0.717, 1.165) is 6.42 Å². The molecule has 0 saturated carbocycles. The molecule has 1 atom stereocenters. The van der Waals surface area contributed by atoms with Crippen molar-refractivity contribution in [1.82, 2.24) is 15.0 Å². The second kappa shape index (κ2) is 7.17. The third-order valence-electron chi connectivity index (χ3n) is 2.47. The number of carbonyl (C=O) groups is 1. The Morgan fingerprint density at radius 3 is 2.80 bits per heavy atom. The van der Waals surface area contributed by atoms with E-state index in [1.165, 1.54) is 25.3 Å². The van der Waals surface area contributed by atoms with Gasteiger partial charge in [0.1, 0.15) is 4.90 Å². The number of aromatic nitrogens is 1. The van der Waals surface area contributed by atoms with Crippen molar-refractivity contribution < 1.29 is 13.2 Å². The van der Waals surface area contributed by atoms with Crippen LogP contribution < -0.4 is 21.3 Å². The van der Waals surface area contributed by atoms with E-state index in [-0.39, 0.29) is 16.6 Å². The van der Waals surface area contributed by atoms with E-state index in [2.05, 4.69) is 20.4 Å². The summed E-state index contributed by atoms with van der Waals surface area (Å²) >= 11 is 0. The third kappa shape index (κ3) is 4.15. The van der Waals surface area contributed by atoms with Crippen LogP contribution in [0.25, 0.3) is 0 Å². The molecule has 0 spiro atoms. The van der Waals surface area contributed by atoms with Gasteiger partial charge in [0.15, 0.2) is 5.82 Å². The average Bonchev–Trinajstić information content (AvgIpc) is 2.44. The Morgan fingerprint density at radius 1 is 1.50 bits per heavy atom. The van der Waals surface area contributed by atoms with Crippen LogP contribution in [-0.2, 0) is 14.8 Å². The minimum atomic E-state index is -3.89. The number of hydrazine groups is 1. The standard InChI is InChI=1S/C11H19N5O3S/c1-3-6-14-11(17)8(2)16-20(18,19)9-5-4-7-13-10(9)15-12/h4-5,7-8,16H,3,6,12H2,1-2H3,(H,13,15)(H,14,17). The van der Waals surface area contributed by atoms with Crippen molar-refractivity contribution in [2.24, 2.45) is 5.84 Å². The lowest BCUT2D eigenvalue weighted by atomic mass is 10.3. The summed E-state index contributed by atoms with van der Waals surface area (Å²) in [6, 6.07) is 1.93. The molecule has 112 valence electrons. The quantitative estimate of drug-likeness (QED) is 0.399. The Bertz CT molecular complexity index is 561. The van der Waals surface area contributed by atoms with Gasteiger partial charge in [-0.2, -0.15) is 4.72 Å². The van der Waals surface area contributed by atoms with E-state index in [0.29, 0.717) is 6.54 Å². The van der Waals surface area contributed by atoms with Gasteiger partial charge in [0.05, 0.1) is 6.04 Å². The number of anilines is 1. The lowest BCUT2D eigenvalue weighted by molar-refractivity contribution is -0.122. The topological polar surface area (TPSA) is 126 Å². The number of rotatable bonds is 7. The molecule has 0 saturated heterocycles. The Kier molecular flexibility index (Phi) is 5.86. The summed E-state index contributed by atoms with van der Waals surface area (Å²) < 4.78 is 26.6. The van der Waals surface area contributed by atoms with Crippen LogP contribution in [-0.4, -0.2) is 31.9 Å². The number of nitrogens with two attached hydrogens (primary N) is 1. The molecule has 1 unspecified atom stereocenters. The molecule has 1 heterocycles. The van der Waals surface area contributed by atoms with Crippen LogP contribution in [0.5, 0.6) is 0 Å². The molecule has 0 aliphatic rings. The molecule has 1 rings (SSSR count). The van der Waals surface area contributed by atoms with Crippen molar-refractivity contribution in [2.45, 2.75) is 31.2 Å². The van der Waals surface area contributed by atoms with E-state index >= 15 is 0 Å². The fourth-order valence-electron chi connectivity index (χ4n) is 1.47. The Hall–Kier alpha value is -1.71. The predicted octanol–water partition coefficient (Wildman–Crippen LogP) is -0.440. The number of carbonyl (C=O) groups excluding carboxylic acids is 1. The van der Waals surface area contributed by atoms with Crippen molar-refractivity contribution in [2.75, 3.05) is 12.0 Å². The monoisotopic (exact) mass is 301 g/mol. The number of sulfonamides is 1. The van der Waals surface area contributed by atoms with Crippen LogP contribution in [0, 0.1) is 0 Å². The highest BCUT2D eigenvalue weighted by molar-refractivity contribution is 7.89. The lowest BCUT2D eigenvalue weighted by Gasteiger charge is -2.15. The summed E-state index contributed by atoms with van der Waals surface area (Å²) in [6.45, 7) is 3.87. The summed E-state index contributed by atoms with van der Waals surface area (Å²) in [4.78, 5) is 15.4. The largest absolute Gasteiger partial charge is 0.355 e. The first-order valence-electron chi connectivity index (χ1n) is 6.14. The molecule has 0 bridgehead atoms. The first kappa shape index (κ1) is 16.3. The molecule has 1 amide bonds. The number of hydrogen-bond acceptors (Lipinski definition) is 6. The van der Waals surface area contributed by atoms with Gasteiger partial charge in [0.25, 0.3) is 0 Å². The number of nitrogen functional groups attached to an aromatic ring is 1. The van der Waals surface area contributed by atoms with Crippen molar-refractivity contribution in [3.8, 4) is 0 Å². The van der Waals surface area contributed by atoms with Crippen molar-refractivity contribution in [3.05, 3.63) is 18.3 Å². The van der Waals surface area contributed by atoms with Gasteiger partial charge in [-0.1, -0.05) is 6.92 Å². The van der Waals surface area contributed by atoms with Gasteiger partial charge in [0.2, 0.25) is 15.9 Å². The van der Waals surface area contributed by atoms with Crippen molar-refractivity contribution >= 4 is 21.7 Å². The average molecular weight is 301 g/mol. The van der Waals surface area contributed by atoms with Gasteiger partial charge in [-0.05, 0) is 25.5 Å². The van der Waals surface area contributed by atoms with Crippen LogP contribution in [0.4, 0.5) is 5.82 Å². The molecule has 0 radical (unpaired) electrons. The Balaban J connectivity index is 2.87. The summed E-state index contributed by atoms with van der Waals surface area (Å²) in [5.74, 6) is 4.85. The van der Waals surface area contributed by atoms with E-state index in [4.69, 9.17) is 5.84 Å². The van der Waals surface area contributed by atoms with Gasteiger partial charge in [-0.3, -0.25) is 4.79 Å². The minimum Gasteiger partial charge on any atom is -0.355 e. The molecular formula is C11H19N5O3S. The lowest BCUT2D eigenvalue weighted by Crippen LogP contribution is -2.45. The van der Waals surface area contributed by atoms with E-state index < -0.39 is 16.1 Å². The molecule has 0 fully saturated rings. The fourth-order valence-corrected chi connectivity index (χ4v) is 2.79. The first-order chi connectivity index (χ1) is 9.42. The van der Waals surface area contributed by atoms with Gasteiger partial charge < -0.3 is 10.7 Å². The highest BCUT2D eigenvalue weighted by Crippen LogP contribution is 2.16. The molecule has 1 aromatic rings. The maximum Gasteiger partial charge on any atom is 0.245 e. The maximum atomic E-state index is 12.2. The predicted molar refractivity (Wildman–Crippen MR) is 75.1 cm³/mol. The zero-order valence-electron chi connectivity index (χ0n) is 11.4. The smallest absolute Gasteiger partial charge is 0.245 e. The maximum absolute atomic E-state index is 12.2. The molecule has 9 heteroatoms. The Morgan fingerprint density at radius 2 is 2.20 bits per heavy atom. The fraction of sp³-hybridized carbons (Fsp3) is 0.455. The van der Waals surface area contributed by atoms with Crippen molar-refractivity contribution in [3.63, 3.8) is 0 Å². The SMILES string of the molecule is CCCNC(=O)C(C)NS(=O)(=O)c1cccnc1NN. The minimum absolute atomic E-state index is 0.0150. The molecular weight excluding hydrogens is 282 g/mol. The molecule has 0 aliphatic carbocycles. The molecule has 1 aromatic heterocycles. The van der Waals surface area contributed by atoms with Crippen LogP contribution in [0.15, 0.2) is 23.2 Å². The van der Waals surface area contributed by atoms with E-state index in [1.54, 1.807) is 0 Å². The van der Waals surface area contributed by atoms with E-state index in [9.17, 15) is 13.2 Å². The second-order valence-electron chi connectivity index (χ2n) is 4.13. The zero-order valence-corrected chi connectivity index (χ0v) is 12.2. The zero-order chi connectivity index (χ0) is 15.2. The van der Waals surface area contributed by atoms with Gasteiger partial charge in [-0.15, -0.1) is 0 Å². The summed E-state index contributed by atoms with van der Waals surface area (Å²) in [5.41, 5.74) is 2.21. The molecule has 8 nitrogen and oxygen atoms in total. The number of nitrogens with one attached hydrogen (secondary N) is 3. The van der Waals surface area contributed by atoms with Gasteiger partial charge >= 0.3 is 0 Å². The van der Waals surface area contributed by atoms with E-state index in [1.807, 2.05) is 6.92 Å². The Labute approximate surface area is 118 Å². The van der Waals surface area contributed by atoms with Crippen LogP contribution in [0.3, 0.4) is 0 Å². The summed E-state index contributed by atoms with van der Waals surface area (Å²) in [5, 5.41) is 2.61. The first-order valence-corrected chi connectivity index (χ1v) is 7.62. The summed E-state index contributed by atoms with van der Waals surface area (Å²) in [6.07, 6.45) is 2.18. The third-order valence-corrected chi connectivity index (χ3v) is 4.04. The van der Waals surface area contributed by atoms with Crippen LogP contribution in [0.2, 0.25) is 0 Å². The highest BCUT2D eigenvalue weighted by Gasteiger charge is 2.24. The number of amides is 1. The second-order valence-corrected chi connectivity index (χ2v) is 5.81. The van der Waals surface area contributed by atoms with Gasteiger partial charge in [0, 0.05) is 12.7 Å². The number of hydrogen-bond donors (Lipinski definition) is 4. The molecule has 5 N–H and O–H groups in total. The molecule has 0 aromatic carbocycles. The number of nitrogens with zero attached hydrogens (tertiary/aromatic N) is 1.